The number of morpholine rings is 1. The van der Waals surface area contributed by atoms with Crippen molar-refractivity contribution in [2.45, 2.75) is 6.43 Å². The van der Waals surface area contributed by atoms with Crippen molar-refractivity contribution >= 4 is 28.7 Å². The van der Waals surface area contributed by atoms with Gasteiger partial charge in [0.1, 0.15) is 0 Å². The highest BCUT2D eigenvalue weighted by Gasteiger charge is 2.24. The Bertz CT molecular complexity index is 1220. The molecule has 4 heterocycles. The van der Waals surface area contributed by atoms with E-state index in [1.165, 1.54) is 15.6 Å². The van der Waals surface area contributed by atoms with Crippen molar-refractivity contribution in [3.63, 3.8) is 0 Å². The van der Waals surface area contributed by atoms with Crippen LogP contribution in [0.3, 0.4) is 0 Å². The van der Waals surface area contributed by atoms with Gasteiger partial charge in [0.05, 0.1) is 30.4 Å². The van der Waals surface area contributed by atoms with Crippen LogP contribution < -0.4 is 10.2 Å². The molecule has 0 unspecified atom stereocenters. The zero-order valence-corrected chi connectivity index (χ0v) is 16.5. The lowest BCUT2D eigenvalue weighted by molar-refractivity contribution is 0.122. The molecule has 13 heteroatoms. The molecule has 1 saturated heterocycles. The summed E-state index contributed by atoms with van der Waals surface area (Å²) in [6.45, 7) is 2.18. The molecule has 0 saturated carbocycles. The Hall–Kier alpha value is -3.74. The SMILES string of the molecule is Cn1ncc(Nc2nc(N3CCOCC3)nc(-n3c(C(F)F)nc4ccccc43)n2)n1. The van der Waals surface area contributed by atoms with Gasteiger partial charge >= 0.3 is 0 Å². The summed E-state index contributed by atoms with van der Waals surface area (Å²) in [5, 5.41) is 11.1. The molecule has 5 rings (SSSR count). The van der Waals surface area contributed by atoms with E-state index in [0.29, 0.717) is 49.1 Å². The topological polar surface area (TPSA) is 112 Å². The maximum Gasteiger partial charge on any atom is 0.296 e. The van der Waals surface area contributed by atoms with Crippen LogP contribution in [-0.4, -0.2) is 65.8 Å². The zero-order chi connectivity index (χ0) is 21.4. The molecule has 160 valence electrons. The first-order valence-corrected chi connectivity index (χ1v) is 9.56. The fourth-order valence-electron chi connectivity index (χ4n) is 3.33. The Morgan fingerprint density at radius 2 is 1.81 bits per heavy atom. The van der Waals surface area contributed by atoms with Crippen LogP contribution >= 0.6 is 0 Å². The van der Waals surface area contributed by atoms with Crippen LogP contribution in [0.2, 0.25) is 0 Å². The third kappa shape index (κ3) is 3.74. The van der Waals surface area contributed by atoms with E-state index in [1.54, 1.807) is 31.3 Å². The van der Waals surface area contributed by atoms with Gasteiger partial charge in [-0.2, -0.15) is 24.8 Å². The average molecular weight is 428 g/mol. The summed E-state index contributed by atoms with van der Waals surface area (Å²) in [7, 11) is 1.68. The lowest BCUT2D eigenvalue weighted by Gasteiger charge is -2.27. The van der Waals surface area contributed by atoms with Crippen molar-refractivity contribution in [3.05, 3.63) is 36.3 Å². The number of ether oxygens (including phenoxy) is 1. The predicted molar refractivity (Wildman–Crippen MR) is 107 cm³/mol. The molecule has 4 aromatic rings. The van der Waals surface area contributed by atoms with E-state index in [2.05, 4.69) is 35.5 Å². The zero-order valence-electron chi connectivity index (χ0n) is 16.5. The maximum absolute atomic E-state index is 13.8. The molecule has 0 amide bonds. The summed E-state index contributed by atoms with van der Waals surface area (Å²) in [5.74, 6) is 0.512. The van der Waals surface area contributed by atoms with E-state index < -0.39 is 12.2 Å². The number of anilines is 3. The van der Waals surface area contributed by atoms with Crippen molar-refractivity contribution in [1.29, 1.82) is 0 Å². The third-order valence-electron chi connectivity index (χ3n) is 4.73. The third-order valence-corrected chi connectivity index (χ3v) is 4.73. The highest BCUT2D eigenvalue weighted by molar-refractivity contribution is 5.77. The van der Waals surface area contributed by atoms with Crippen LogP contribution in [0.15, 0.2) is 30.5 Å². The van der Waals surface area contributed by atoms with Gasteiger partial charge in [0.15, 0.2) is 11.6 Å². The van der Waals surface area contributed by atoms with E-state index in [0.717, 1.165) is 0 Å². The first kappa shape index (κ1) is 19.2. The molecular formula is C18H18F2N10O. The molecule has 11 nitrogen and oxygen atoms in total. The molecule has 0 aliphatic carbocycles. The number of fused-ring (bicyclic) bond motifs is 1. The summed E-state index contributed by atoms with van der Waals surface area (Å²) in [5.41, 5.74) is 0.900. The van der Waals surface area contributed by atoms with Gasteiger partial charge in [-0.3, -0.25) is 4.57 Å². The molecule has 3 aromatic heterocycles. The molecular weight excluding hydrogens is 410 g/mol. The second kappa shape index (κ2) is 7.83. The second-order valence-electron chi connectivity index (χ2n) is 6.80. The van der Waals surface area contributed by atoms with Crippen LogP contribution in [0.25, 0.3) is 17.0 Å². The first-order valence-electron chi connectivity index (χ1n) is 9.56. The van der Waals surface area contributed by atoms with E-state index in [1.807, 2.05) is 4.90 Å². The smallest absolute Gasteiger partial charge is 0.296 e. The van der Waals surface area contributed by atoms with Gasteiger partial charge in [0.25, 0.3) is 6.43 Å². The molecule has 1 fully saturated rings. The minimum absolute atomic E-state index is 0.0342. The van der Waals surface area contributed by atoms with Gasteiger partial charge in [-0.25, -0.2) is 13.8 Å². The number of para-hydroxylation sites is 2. The Morgan fingerprint density at radius 1 is 1.03 bits per heavy atom. The highest BCUT2D eigenvalue weighted by atomic mass is 19.3. The number of benzene rings is 1. The average Bonchev–Trinajstić information content (AvgIpc) is 3.37. The van der Waals surface area contributed by atoms with Gasteiger partial charge in [-0.05, 0) is 12.1 Å². The van der Waals surface area contributed by atoms with Crippen molar-refractivity contribution in [2.24, 2.45) is 7.05 Å². The summed E-state index contributed by atoms with van der Waals surface area (Å²) in [6.07, 6.45) is -1.30. The Labute approximate surface area is 174 Å². The van der Waals surface area contributed by atoms with Crippen LogP contribution in [-0.2, 0) is 11.8 Å². The number of aromatic nitrogens is 8. The van der Waals surface area contributed by atoms with Crippen molar-refractivity contribution < 1.29 is 13.5 Å². The molecule has 31 heavy (non-hydrogen) atoms. The quantitative estimate of drug-likeness (QED) is 0.509. The van der Waals surface area contributed by atoms with Crippen LogP contribution in [0.1, 0.15) is 12.2 Å². The van der Waals surface area contributed by atoms with E-state index in [4.69, 9.17) is 4.74 Å². The number of hydrogen-bond acceptors (Lipinski definition) is 9. The van der Waals surface area contributed by atoms with Crippen molar-refractivity contribution in [2.75, 3.05) is 36.5 Å². The van der Waals surface area contributed by atoms with Crippen LogP contribution in [0, 0.1) is 0 Å². The molecule has 1 aliphatic rings. The predicted octanol–water partition coefficient (Wildman–Crippen LogP) is 1.86. The Balaban J connectivity index is 1.66. The summed E-state index contributed by atoms with van der Waals surface area (Å²) in [6, 6.07) is 6.85. The monoisotopic (exact) mass is 428 g/mol. The fourth-order valence-corrected chi connectivity index (χ4v) is 3.33. The summed E-state index contributed by atoms with van der Waals surface area (Å²) >= 11 is 0. The number of nitrogens with zero attached hydrogens (tertiary/aromatic N) is 9. The lowest BCUT2D eigenvalue weighted by Crippen LogP contribution is -2.37. The Kier molecular flexibility index (Phi) is 4.86. The normalized spacial score (nSPS) is 14.5. The number of halogens is 2. The maximum atomic E-state index is 13.8. The van der Waals surface area contributed by atoms with Gasteiger partial charge in [0.2, 0.25) is 17.8 Å². The van der Waals surface area contributed by atoms with Gasteiger partial charge < -0.3 is 15.0 Å². The number of hydrogen-bond donors (Lipinski definition) is 1. The van der Waals surface area contributed by atoms with Gasteiger partial charge in [-0.1, -0.05) is 12.1 Å². The van der Waals surface area contributed by atoms with Gasteiger partial charge in [0, 0.05) is 20.1 Å². The number of aryl methyl sites for hydroxylation is 1. The summed E-state index contributed by atoms with van der Waals surface area (Å²) < 4.78 is 34.3. The molecule has 0 spiro atoms. The van der Waals surface area contributed by atoms with E-state index >= 15 is 0 Å². The number of alkyl halides is 2. The molecule has 1 N–H and O–H groups in total. The van der Waals surface area contributed by atoms with Crippen molar-refractivity contribution in [3.8, 4) is 5.95 Å². The number of nitrogens with one attached hydrogen (secondary N) is 1. The lowest BCUT2D eigenvalue weighted by atomic mass is 10.3. The number of rotatable bonds is 5. The van der Waals surface area contributed by atoms with Crippen molar-refractivity contribution in [1.82, 2.24) is 39.5 Å². The standard InChI is InChI=1S/C18H18F2N10O/c1-28-21-10-13(27-28)23-16-24-17(29-6-8-31-9-7-29)26-18(25-16)30-12-5-3-2-4-11(12)22-15(30)14(19)20/h2-5,10,14H,6-9H2,1H3,(H,23,24,25,26,27). The fraction of sp³-hybridized carbons (Fsp3) is 0.333. The van der Waals surface area contributed by atoms with Crippen LogP contribution in [0.5, 0.6) is 0 Å². The molecule has 0 atom stereocenters. The van der Waals surface area contributed by atoms with Crippen LogP contribution in [0.4, 0.5) is 26.5 Å². The first-order chi connectivity index (χ1) is 15.1. The van der Waals surface area contributed by atoms with E-state index in [9.17, 15) is 8.78 Å². The molecule has 0 radical (unpaired) electrons. The van der Waals surface area contributed by atoms with E-state index in [-0.39, 0.29) is 11.9 Å². The molecule has 1 aromatic carbocycles. The largest absolute Gasteiger partial charge is 0.378 e. The minimum atomic E-state index is -2.81. The minimum Gasteiger partial charge on any atom is -0.378 e. The van der Waals surface area contributed by atoms with Gasteiger partial charge in [-0.15, -0.1) is 5.10 Å². The summed E-state index contributed by atoms with van der Waals surface area (Å²) in [4.78, 5) is 20.7. The second-order valence-corrected chi connectivity index (χ2v) is 6.80. The number of imidazole rings is 1. The molecule has 0 bridgehead atoms. The highest BCUT2D eigenvalue weighted by Crippen LogP contribution is 2.28. The Morgan fingerprint density at radius 3 is 2.55 bits per heavy atom. The molecule has 1 aliphatic heterocycles.